The first-order chi connectivity index (χ1) is 10.6. The third-order valence-electron chi connectivity index (χ3n) is 4.08. The lowest BCUT2D eigenvalue weighted by molar-refractivity contribution is -0.385. The van der Waals surface area contributed by atoms with Crippen molar-refractivity contribution in [2.75, 3.05) is 7.11 Å². The van der Waals surface area contributed by atoms with Crippen LogP contribution in [0.5, 0.6) is 5.75 Å². The Morgan fingerprint density at radius 2 is 1.86 bits per heavy atom. The van der Waals surface area contributed by atoms with Gasteiger partial charge in [-0.25, -0.2) is 0 Å². The first-order valence-corrected chi connectivity index (χ1v) is 7.75. The molecule has 1 aliphatic rings. The Kier molecular flexibility index (Phi) is 5.75. The second-order valence-corrected chi connectivity index (χ2v) is 5.66. The number of carbonyl (C=O) groups is 1. The third-order valence-corrected chi connectivity index (χ3v) is 4.08. The summed E-state index contributed by atoms with van der Waals surface area (Å²) in [7, 11) is 1.37. The van der Waals surface area contributed by atoms with Gasteiger partial charge in [0.05, 0.1) is 12.0 Å². The normalized spacial score (nSPS) is 16.4. The molecule has 0 aromatic heterocycles. The van der Waals surface area contributed by atoms with Crippen molar-refractivity contribution in [3.8, 4) is 5.75 Å². The van der Waals surface area contributed by atoms with E-state index >= 15 is 0 Å². The lowest BCUT2D eigenvalue weighted by Gasteiger charge is -2.21. The Bertz CT molecular complexity index is 537. The molecule has 0 aliphatic heterocycles. The molecule has 120 valence electrons. The molecular weight excluding hydrogens is 284 g/mol. The Morgan fingerprint density at radius 1 is 1.23 bits per heavy atom. The van der Waals surface area contributed by atoms with Gasteiger partial charge in [-0.15, -0.1) is 0 Å². The van der Waals surface area contributed by atoms with Crippen LogP contribution in [0.4, 0.5) is 5.69 Å². The van der Waals surface area contributed by atoms with Crippen LogP contribution >= 0.6 is 0 Å². The Balaban J connectivity index is 2.08. The predicted octanol–water partition coefficient (Wildman–Crippen LogP) is 3.45. The zero-order valence-corrected chi connectivity index (χ0v) is 12.8. The molecule has 1 N–H and O–H groups in total. The van der Waals surface area contributed by atoms with Crippen molar-refractivity contribution >= 4 is 11.6 Å². The number of nitrogens with one attached hydrogen (secondary N) is 1. The van der Waals surface area contributed by atoms with Crippen LogP contribution in [-0.4, -0.2) is 24.0 Å². The van der Waals surface area contributed by atoms with Crippen molar-refractivity contribution in [1.29, 1.82) is 0 Å². The van der Waals surface area contributed by atoms with Crippen LogP contribution in [0.3, 0.4) is 0 Å². The number of nitrogens with zero attached hydrogens (tertiary/aromatic N) is 1. The van der Waals surface area contributed by atoms with Crippen molar-refractivity contribution in [2.45, 2.75) is 51.0 Å². The van der Waals surface area contributed by atoms with Crippen LogP contribution in [0.25, 0.3) is 0 Å². The summed E-state index contributed by atoms with van der Waals surface area (Å²) < 4.78 is 4.95. The summed E-state index contributed by atoms with van der Waals surface area (Å²) in [6.07, 6.45) is 7.88. The lowest BCUT2D eigenvalue weighted by atomic mass is 9.96. The Hall–Kier alpha value is -2.11. The second-order valence-electron chi connectivity index (χ2n) is 5.66. The molecule has 0 radical (unpaired) electrons. The summed E-state index contributed by atoms with van der Waals surface area (Å²) in [5.41, 5.74) is 0.113. The van der Waals surface area contributed by atoms with Crippen LogP contribution < -0.4 is 10.1 Å². The summed E-state index contributed by atoms with van der Waals surface area (Å²) in [4.78, 5) is 22.8. The van der Waals surface area contributed by atoms with E-state index in [9.17, 15) is 14.9 Å². The lowest BCUT2D eigenvalue weighted by Crippen LogP contribution is -2.35. The molecule has 0 saturated heterocycles. The van der Waals surface area contributed by atoms with Crippen LogP contribution in [0.15, 0.2) is 18.2 Å². The van der Waals surface area contributed by atoms with Gasteiger partial charge in [-0.1, -0.05) is 32.1 Å². The standard InChI is InChI=1S/C16H22N2O4/c1-22-15-10-9-12(11-14(15)18(20)21)16(19)17-13-7-5-3-2-4-6-8-13/h9-11,13H,2-8H2,1H3,(H,17,19). The Morgan fingerprint density at radius 3 is 2.45 bits per heavy atom. The van der Waals surface area contributed by atoms with E-state index in [-0.39, 0.29) is 23.4 Å². The third kappa shape index (κ3) is 4.19. The fourth-order valence-corrected chi connectivity index (χ4v) is 2.84. The molecule has 1 saturated carbocycles. The quantitative estimate of drug-likeness (QED) is 0.682. The molecular formula is C16H22N2O4. The monoisotopic (exact) mass is 306 g/mol. The minimum absolute atomic E-state index is 0.160. The number of hydrogen-bond acceptors (Lipinski definition) is 4. The summed E-state index contributed by atoms with van der Waals surface area (Å²) in [5.74, 6) is -0.0937. The van der Waals surface area contributed by atoms with Gasteiger partial charge in [0.15, 0.2) is 5.75 Å². The van der Waals surface area contributed by atoms with Crippen LogP contribution in [0.1, 0.15) is 55.3 Å². The number of amides is 1. The topological polar surface area (TPSA) is 81.5 Å². The van der Waals surface area contributed by atoms with E-state index in [0.29, 0.717) is 5.56 Å². The number of nitro benzene ring substituents is 1. The summed E-state index contributed by atoms with van der Waals surface area (Å²) >= 11 is 0. The van der Waals surface area contributed by atoms with Gasteiger partial charge in [0, 0.05) is 17.7 Å². The molecule has 0 bridgehead atoms. The summed E-state index contributed by atoms with van der Waals surface area (Å²) in [6, 6.07) is 4.46. The number of carbonyl (C=O) groups excluding carboxylic acids is 1. The molecule has 0 spiro atoms. The molecule has 6 nitrogen and oxygen atoms in total. The molecule has 1 aliphatic carbocycles. The summed E-state index contributed by atoms with van der Waals surface area (Å²) in [6.45, 7) is 0. The molecule has 22 heavy (non-hydrogen) atoms. The van der Waals surface area contributed by atoms with Crippen LogP contribution in [0.2, 0.25) is 0 Å². The van der Waals surface area contributed by atoms with Gasteiger partial charge in [0.25, 0.3) is 5.91 Å². The fourth-order valence-electron chi connectivity index (χ4n) is 2.84. The fraction of sp³-hybridized carbons (Fsp3) is 0.562. The molecule has 6 heteroatoms. The van der Waals surface area contributed by atoms with Gasteiger partial charge in [0.1, 0.15) is 0 Å². The van der Waals surface area contributed by atoms with E-state index in [4.69, 9.17) is 4.74 Å². The van der Waals surface area contributed by atoms with Gasteiger partial charge in [-0.05, 0) is 25.0 Å². The molecule has 1 aromatic rings. The number of ether oxygens (including phenoxy) is 1. The molecule has 1 amide bonds. The van der Waals surface area contributed by atoms with Gasteiger partial charge in [0.2, 0.25) is 0 Å². The molecule has 0 unspecified atom stereocenters. The van der Waals surface area contributed by atoms with E-state index in [0.717, 1.165) is 25.7 Å². The van der Waals surface area contributed by atoms with Crippen LogP contribution in [0, 0.1) is 10.1 Å². The van der Waals surface area contributed by atoms with Gasteiger partial charge >= 0.3 is 5.69 Å². The molecule has 0 atom stereocenters. The highest BCUT2D eigenvalue weighted by Gasteiger charge is 2.20. The molecule has 0 heterocycles. The van der Waals surface area contributed by atoms with Crippen molar-refractivity contribution in [1.82, 2.24) is 5.32 Å². The zero-order chi connectivity index (χ0) is 15.9. The highest BCUT2D eigenvalue weighted by Crippen LogP contribution is 2.27. The average Bonchev–Trinajstić information content (AvgIpc) is 2.49. The number of nitro groups is 1. The SMILES string of the molecule is COc1ccc(C(=O)NC2CCCCCCC2)cc1[N+](=O)[O-]. The Labute approximate surface area is 130 Å². The van der Waals surface area contributed by atoms with E-state index in [1.807, 2.05) is 0 Å². The molecule has 1 fully saturated rings. The van der Waals surface area contributed by atoms with Crippen molar-refractivity contribution in [2.24, 2.45) is 0 Å². The molecule has 1 aromatic carbocycles. The highest BCUT2D eigenvalue weighted by molar-refractivity contribution is 5.95. The zero-order valence-electron chi connectivity index (χ0n) is 12.8. The number of hydrogen-bond donors (Lipinski definition) is 1. The van der Waals surface area contributed by atoms with Crippen molar-refractivity contribution in [3.05, 3.63) is 33.9 Å². The van der Waals surface area contributed by atoms with E-state index < -0.39 is 4.92 Å². The smallest absolute Gasteiger partial charge is 0.311 e. The van der Waals surface area contributed by atoms with Crippen LogP contribution in [-0.2, 0) is 0 Å². The number of rotatable bonds is 4. The predicted molar refractivity (Wildman–Crippen MR) is 83.2 cm³/mol. The van der Waals surface area contributed by atoms with E-state index in [1.54, 1.807) is 6.07 Å². The van der Waals surface area contributed by atoms with E-state index in [1.165, 1.54) is 38.5 Å². The van der Waals surface area contributed by atoms with Crippen molar-refractivity contribution < 1.29 is 14.5 Å². The second kappa shape index (κ2) is 7.77. The van der Waals surface area contributed by atoms with Gasteiger partial charge < -0.3 is 10.1 Å². The average molecular weight is 306 g/mol. The molecule has 2 rings (SSSR count). The first kappa shape index (κ1) is 16.3. The maximum atomic E-state index is 12.3. The maximum Gasteiger partial charge on any atom is 0.311 e. The van der Waals surface area contributed by atoms with Gasteiger partial charge in [-0.3, -0.25) is 14.9 Å². The minimum Gasteiger partial charge on any atom is -0.490 e. The minimum atomic E-state index is -0.536. The largest absolute Gasteiger partial charge is 0.490 e. The van der Waals surface area contributed by atoms with Crippen molar-refractivity contribution in [3.63, 3.8) is 0 Å². The first-order valence-electron chi connectivity index (χ1n) is 7.75. The maximum absolute atomic E-state index is 12.3. The van der Waals surface area contributed by atoms with E-state index in [2.05, 4.69) is 5.32 Å². The number of benzene rings is 1. The number of methoxy groups -OCH3 is 1. The highest BCUT2D eigenvalue weighted by atomic mass is 16.6. The van der Waals surface area contributed by atoms with Gasteiger partial charge in [-0.2, -0.15) is 0 Å². The summed E-state index contributed by atoms with van der Waals surface area (Å²) in [5, 5.41) is 14.0.